The summed E-state index contributed by atoms with van der Waals surface area (Å²) in [5.74, 6) is -5.23. The smallest absolute Gasteiger partial charge is 0.269 e. The minimum atomic E-state index is -2.90. The van der Waals surface area contributed by atoms with Gasteiger partial charge in [-0.15, -0.1) is 0 Å². The summed E-state index contributed by atoms with van der Waals surface area (Å²) in [6.07, 6.45) is -17.0. The maximum absolute atomic E-state index is 14.3. The van der Waals surface area contributed by atoms with Crippen LogP contribution in [0.15, 0.2) is 39.5 Å². The van der Waals surface area contributed by atoms with E-state index in [0.29, 0.717) is 0 Å². The van der Waals surface area contributed by atoms with Gasteiger partial charge in [-0.05, 0) is 31.2 Å². The van der Waals surface area contributed by atoms with Gasteiger partial charge in [-0.2, -0.15) is 0 Å². The van der Waals surface area contributed by atoms with Crippen LogP contribution in [0.2, 0.25) is 0 Å². The number of hydrogen-bond acceptors (Lipinski definition) is 16. The molecule has 0 amide bonds. The Kier molecular flexibility index (Phi) is 8.89. The van der Waals surface area contributed by atoms with E-state index in [2.05, 4.69) is 0 Å². The Bertz CT molecular complexity index is 1590. The Morgan fingerprint density at radius 3 is 2.13 bits per heavy atom. The molecule has 246 valence electrons. The zero-order valence-electron chi connectivity index (χ0n) is 24.2. The zero-order valence-corrected chi connectivity index (χ0v) is 24.2. The Morgan fingerprint density at radius 2 is 1.53 bits per heavy atom. The van der Waals surface area contributed by atoms with Crippen molar-refractivity contribution in [2.45, 2.75) is 67.6 Å². The number of aromatic hydroxyl groups is 2. The van der Waals surface area contributed by atoms with Gasteiger partial charge < -0.3 is 74.1 Å². The molecular weight excluding hydrogens is 604 g/mol. The average Bonchev–Trinajstić information content (AvgIpc) is 3.03. The molecule has 0 saturated carbocycles. The molecule has 2 aromatic carbocycles. The van der Waals surface area contributed by atoms with E-state index < -0.39 is 89.6 Å². The maximum Gasteiger partial charge on any atom is 0.269 e. The van der Waals surface area contributed by atoms with Crippen molar-refractivity contribution in [2.75, 3.05) is 20.8 Å². The second kappa shape index (κ2) is 12.2. The van der Waals surface area contributed by atoms with Crippen LogP contribution in [0.1, 0.15) is 6.92 Å². The molecule has 2 aliphatic rings. The number of fused-ring (bicyclic) bond motifs is 1. The summed E-state index contributed by atoms with van der Waals surface area (Å²) in [7, 11) is 2.49. The average molecular weight is 639 g/mol. The first kappa shape index (κ1) is 32.7. The van der Waals surface area contributed by atoms with E-state index in [0.717, 1.165) is 0 Å². The topological polar surface area (TPSA) is 258 Å². The summed E-state index contributed by atoms with van der Waals surface area (Å²) in [4.78, 5) is 14.3. The molecule has 45 heavy (non-hydrogen) atoms. The van der Waals surface area contributed by atoms with Gasteiger partial charge in [-0.3, -0.25) is 4.79 Å². The third-order valence-electron chi connectivity index (χ3n) is 8.08. The van der Waals surface area contributed by atoms with Crippen LogP contribution in [0, 0.1) is 0 Å². The highest BCUT2D eigenvalue weighted by molar-refractivity contribution is 5.91. The van der Waals surface area contributed by atoms with E-state index in [1.165, 1.54) is 51.5 Å². The molecule has 3 aromatic rings. The largest absolute Gasteiger partial charge is 0.508 e. The first-order valence-electron chi connectivity index (χ1n) is 13.8. The van der Waals surface area contributed by atoms with Crippen molar-refractivity contribution in [1.82, 2.24) is 0 Å². The second-order valence-electron chi connectivity index (χ2n) is 10.8. The predicted molar refractivity (Wildman–Crippen MR) is 150 cm³/mol. The number of rotatable bonds is 7. The monoisotopic (exact) mass is 638 g/mol. The summed E-state index contributed by atoms with van der Waals surface area (Å²) < 4.78 is 34.1. The van der Waals surface area contributed by atoms with Crippen LogP contribution in [-0.2, 0) is 9.47 Å². The highest BCUT2D eigenvalue weighted by atomic mass is 16.7. The van der Waals surface area contributed by atoms with Gasteiger partial charge in [0, 0.05) is 11.6 Å². The number of phenolic OH excluding ortho intramolecular Hbond substituents is 2. The van der Waals surface area contributed by atoms with Crippen molar-refractivity contribution < 1.29 is 74.1 Å². The fourth-order valence-corrected chi connectivity index (χ4v) is 5.61. The number of benzene rings is 2. The number of phenols is 2. The van der Waals surface area contributed by atoms with Gasteiger partial charge in [0.05, 0.1) is 26.9 Å². The predicted octanol–water partition coefficient (Wildman–Crippen LogP) is -1.69. The lowest BCUT2D eigenvalue weighted by Crippen LogP contribution is -2.76. The first-order valence-corrected chi connectivity index (χ1v) is 13.8. The van der Waals surface area contributed by atoms with Crippen molar-refractivity contribution in [2.24, 2.45) is 0 Å². The van der Waals surface area contributed by atoms with Gasteiger partial charge in [0.1, 0.15) is 53.3 Å². The quantitative estimate of drug-likeness (QED) is 0.140. The minimum absolute atomic E-state index is 0.0124. The lowest BCUT2D eigenvalue weighted by Gasteiger charge is -2.54. The van der Waals surface area contributed by atoms with Gasteiger partial charge >= 0.3 is 0 Å². The standard InChI is InChI=1S/C29H34O16/c1-10-17(32)21(36)23(38)28(42-10)29(27(39)22(37)18(33)15(9-30)44-29)45-26-20(35)16-13(8-14(40-2)25(41-3)19(16)34)43-24(26)11-4-6-12(31)7-5-11/h4-8,10,15,17-18,21-23,27-28,30-34,36-39H,9H2,1-3H3. The molecule has 10 atom stereocenters. The first-order chi connectivity index (χ1) is 21.3. The van der Waals surface area contributed by atoms with E-state index in [1.807, 2.05) is 0 Å². The molecule has 0 spiro atoms. The third-order valence-corrected chi connectivity index (χ3v) is 8.08. The molecule has 0 radical (unpaired) electrons. The fraction of sp³-hybridized carbons (Fsp3) is 0.483. The Hall–Kier alpha value is -3.71. The van der Waals surface area contributed by atoms with Crippen LogP contribution in [-0.4, -0.2) is 128 Å². The maximum atomic E-state index is 14.3. The highest BCUT2D eigenvalue weighted by Gasteiger charge is 2.65. The SMILES string of the molecule is COc1cc2oc(-c3ccc(O)cc3)c(OC3(C4OC(C)C(O)C(O)C4O)OC(CO)C(O)C(O)C3O)c(=O)c2c(O)c1OC. The van der Waals surface area contributed by atoms with Gasteiger partial charge in [-0.25, -0.2) is 0 Å². The summed E-state index contributed by atoms with van der Waals surface area (Å²) in [5.41, 5.74) is -1.23. The number of aliphatic hydroxyl groups is 7. The highest BCUT2D eigenvalue weighted by Crippen LogP contribution is 2.46. The summed E-state index contributed by atoms with van der Waals surface area (Å²) in [5, 5.41) is 95.2. The molecule has 1 aromatic heterocycles. The Labute approximate surface area is 254 Å². The van der Waals surface area contributed by atoms with Crippen LogP contribution in [0.25, 0.3) is 22.3 Å². The molecule has 10 unspecified atom stereocenters. The summed E-state index contributed by atoms with van der Waals surface area (Å²) >= 11 is 0. The lowest BCUT2D eigenvalue weighted by atomic mass is 9.83. The van der Waals surface area contributed by atoms with Crippen molar-refractivity contribution in [3.8, 4) is 40.1 Å². The molecule has 2 fully saturated rings. The summed E-state index contributed by atoms with van der Waals surface area (Å²) in [6.45, 7) is 0.350. The van der Waals surface area contributed by atoms with Crippen LogP contribution in [0.3, 0.4) is 0 Å². The Balaban J connectivity index is 1.83. The number of hydrogen-bond donors (Lipinski definition) is 9. The fourth-order valence-electron chi connectivity index (χ4n) is 5.61. The molecule has 16 heteroatoms. The normalized spacial score (nSPS) is 33.6. The summed E-state index contributed by atoms with van der Waals surface area (Å²) in [6, 6.07) is 6.43. The van der Waals surface area contributed by atoms with Gasteiger partial charge in [0.25, 0.3) is 5.79 Å². The van der Waals surface area contributed by atoms with Gasteiger partial charge in [0.15, 0.2) is 29.5 Å². The van der Waals surface area contributed by atoms with Crippen LogP contribution >= 0.6 is 0 Å². The molecular formula is C29H34O16. The Morgan fingerprint density at radius 1 is 0.867 bits per heavy atom. The van der Waals surface area contributed by atoms with E-state index >= 15 is 0 Å². The molecule has 2 saturated heterocycles. The molecule has 9 N–H and O–H groups in total. The van der Waals surface area contributed by atoms with E-state index in [4.69, 9.17) is 28.1 Å². The van der Waals surface area contributed by atoms with E-state index in [-0.39, 0.29) is 34.2 Å². The van der Waals surface area contributed by atoms with Crippen LogP contribution < -0.4 is 19.6 Å². The minimum Gasteiger partial charge on any atom is -0.508 e. The number of ether oxygens (including phenoxy) is 5. The molecule has 2 aliphatic heterocycles. The lowest BCUT2D eigenvalue weighted by molar-refractivity contribution is -0.394. The van der Waals surface area contributed by atoms with E-state index in [1.54, 1.807) is 0 Å². The van der Waals surface area contributed by atoms with Gasteiger partial charge in [-0.1, -0.05) is 0 Å². The van der Waals surface area contributed by atoms with Crippen LogP contribution in [0.5, 0.6) is 28.7 Å². The zero-order chi connectivity index (χ0) is 33.0. The molecule has 5 rings (SSSR count). The van der Waals surface area contributed by atoms with Crippen molar-refractivity contribution in [3.63, 3.8) is 0 Å². The third kappa shape index (κ3) is 5.23. The van der Waals surface area contributed by atoms with Gasteiger partial charge in [0.2, 0.25) is 16.9 Å². The van der Waals surface area contributed by atoms with E-state index in [9.17, 15) is 50.8 Å². The van der Waals surface area contributed by atoms with Crippen molar-refractivity contribution >= 4 is 11.0 Å². The molecule has 16 nitrogen and oxygen atoms in total. The number of aliphatic hydroxyl groups excluding tert-OH is 7. The molecule has 0 aliphatic carbocycles. The van der Waals surface area contributed by atoms with Crippen molar-refractivity contribution in [3.05, 3.63) is 40.6 Å². The van der Waals surface area contributed by atoms with Crippen molar-refractivity contribution in [1.29, 1.82) is 0 Å². The second-order valence-corrected chi connectivity index (χ2v) is 10.8. The number of methoxy groups -OCH3 is 2. The molecule has 0 bridgehead atoms. The molecule has 3 heterocycles. The van der Waals surface area contributed by atoms with Crippen LogP contribution in [0.4, 0.5) is 0 Å².